The Bertz CT molecular complexity index is 623. The van der Waals surface area contributed by atoms with Gasteiger partial charge in [-0.25, -0.2) is 14.8 Å². The summed E-state index contributed by atoms with van der Waals surface area (Å²) in [5, 5.41) is 2.94. The van der Waals surface area contributed by atoms with Crippen molar-refractivity contribution in [1.82, 2.24) is 14.9 Å². The van der Waals surface area contributed by atoms with Crippen LogP contribution in [0.1, 0.15) is 22.4 Å². The molecule has 1 aliphatic heterocycles. The molecule has 20 heavy (non-hydrogen) atoms. The van der Waals surface area contributed by atoms with Gasteiger partial charge in [-0.3, -0.25) is 0 Å². The number of urea groups is 1. The second-order valence-electron chi connectivity index (χ2n) is 5.16. The number of nitrogens with zero attached hydrogens (tertiary/aromatic N) is 3. The molecule has 0 unspecified atom stereocenters. The smallest absolute Gasteiger partial charge is 0.314 e. The van der Waals surface area contributed by atoms with E-state index < -0.39 is 0 Å². The highest BCUT2D eigenvalue weighted by atomic mass is 16.2. The van der Waals surface area contributed by atoms with Crippen molar-refractivity contribution in [3.63, 3.8) is 0 Å². The number of rotatable bonds is 1. The van der Waals surface area contributed by atoms with Gasteiger partial charge in [0.1, 0.15) is 6.33 Å². The fraction of sp³-hybridized carbons (Fsp3) is 0.267. The number of fused-ring (bicyclic) bond motifs is 1. The van der Waals surface area contributed by atoms with E-state index >= 15 is 0 Å². The Kier molecular flexibility index (Phi) is 3.10. The molecule has 1 aromatic heterocycles. The first-order valence-corrected chi connectivity index (χ1v) is 6.54. The third kappa shape index (κ3) is 2.47. The van der Waals surface area contributed by atoms with Crippen LogP contribution in [0.25, 0.3) is 0 Å². The quantitative estimate of drug-likeness (QED) is 0.865. The highest BCUT2D eigenvalue weighted by Crippen LogP contribution is 2.21. The fourth-order valence-corrected chi connectivity index (χ4v) is 2.49. The number of hydrogen-bond donors (Lipinski definition) is 1. The topological polar surface area (TPSA) is 58.1 Å². The summed E-state index contributed by atoms with van der Waals surface area (Å²) in [5.74, 6) is 0. The maximum atomic E-state index is 12.3. The van der Waals surface area contributed by atoms with Crippen LogP contribution in [0, 0.1) is 13.8 Å². The Hall–Kier alpha value is -2.43. The first kappa shape index (κ1) is 12.6. The zero-order valence-corrected chi connectivity index (χ0v) is 11.6. The van der Waals surface area contributed by atoms with E-state index in [4.69, 9.17) is 0 Å². The molecule has 3 rings (SSSR count). The maximum absolute atomic E-state index is 12.3. The van der Waals surface area contributed by atoms with Crippen molar-refractivity contribution in [2.45, 2.75) is 26.9 Å². The number of carbonyl (C=O) groups excluding carboxylic acids is 1. The summed E-state index contributed by atoms with van der Waals surface area (Å²) in [6.07, 6.45) is 3.29. The van der Waals surface area contributed by atoms with Gasteiger partial charge < -0.3 is 10.2 Å². The van der Waals surface area contributed by atoms with Crippen LogP contribution < -0.4 is 5.32 Å². The van der Waals surface area contributed by atoms with E-state index in [1.54, 1.807) is 11.1 Å². The van der Waals surface area contributed by atoms with E-state index in [2.05, 4.69) is 21.4 Å². The Morgan fingerprint density at radius 2 is 1.95 bits per heavy atom. The lowest BCUT2D eigenvalue weighted by Gasteiger charge is -2.16. The summed E-state index contributed by atoms with van der Waals surface area (Å²) in [6.45, 7) is 5.13. The molecule has 5 heteroatoms. The van der Waals surface area contributed by atoms with Crippen LogP contribution in [-0.4, -0.2) is 20.9 Å². The molecule has 0 radical (unpaired) electrons. The van der Waals surface area contributed by atoms with E-state index in [0.29, 0.717) is 13.1 Å². The third-order valence-electron chi connectivity index (χ3n) is 3.34. The lowest BCUT2D eigenvalue weighted by atomic mass is 10.1. The average molecular weight is 268 g/mol. The third-order valence-corrected chi connectivity index (χ3v) is 3.34. The molecule has 0 fully saturated rings. The molecule has 0 aliphatic carbocycles. The van der Waals surface area contributed by atoms with Crippen LogP contribution in [-0.2, 0) is 13.1 Å². The molecule has 0 saturated carbocycles. The first-order valence-electron chi connectivity index (χ1n) is 6.54. The predicted octanol–water partition coefficient (Wildman–Crippen LogP) is 2.64. The summed E-state index contributed by atoms with van der Waals surface area (Å²) >= 11 is 0. The fourth-order valence-electron chi connectivity index (χ4n) is 2.49. The molecule has 102 valence electrons. The molecule has 2 heterocycles. The van der Waals surface area contributed by atoms with Crippen LogP contribution in [0.5, 0.6) is 0 Å². The molecule has 1 aromatic carbocycles. The maximum Gasteiger partial charge on any atom is 0.322 e. The van der Waals surface area contributed by atoms with Gasteiger partial charge in [0, 0.05) is 17.4 Å². The van der Waals surface area contributed by atoms with Crippen molar-refractivity contribution in [3.05, 3.63) is 53.1 Å². The van der Waals surface area contributed by atoms with Crippen LogP contribution >= 0.6 is 0 Å². The molecule has 2 amide bonds. The van der Waals surface area contributed by atoms with Crippen molar-refractivity contribution in [1.29, 1.82) is 0 Å². The van der Waals surface area contributed by atoms with E-state index in [1.165, 1.54) is 6.33 Å². The van der Waals surface area contributed by atoms with Gasteiger partial charge in [-0.1, -0.05) is 6.07 Å². The number of amides is 2. The van der Waals surface area contributed by atoms with Crippen LogP contribution in [0.4, 0.5) is 10.5 Å². The van der Waals surface area contributed by atoms with Crippen molar-refractivity contribution >= 4 is 11.7 Å². The van der Waals surface area contributed by atoms with Gasteiger partial charge >= 0.3 is 6.03 Å². The number of nitrogens with one attached hydrogen (secondary N) is 1. The monoisotopic (exact) mass is 268 g/mol. The minimum absolute atomic E-state index is 0.104. The molecule has 5 nitrogen and oxygen atoms in total. The number of carbonyl (C=O) groups is 1. The lowest BCUT2D eigenvalue weighted by molar-refractivity contribution is 0.212. The molecule has 0 saturated heterocycles. The van der Waals surface area contributed by atoms with E-state index in [1.807, 2.05) is 26.0 Å². The van der Waals surface area contributed by atoms with Crippen molar-refractivity contribution in [2.75, 3.05) is 5.32 Å². The highest BCUT2D eigenvalue weighted by Gasteiger charge is 2.24. The van der Waals surface area contributed by atoms with E-state index in [-0.39, 0.29) is 6.03 Å². The number of hydrogen-bond acceptors (Lipinski definition) is 3. The van der Waals surface area contributed by atoms with Gasteiger partial charge in [0.05, 0.1) is 18.8 Å². The largest absolute Gasteiger partial charge is 0.322 e. The zero-order chi connectivity index (χ0) is 14.1. The van der Waals surface area contributed by atoms with Gasteiger partial charge in [0.25, 0.3) is 0 Å². The van der Waals surface area contributed by atoms with Gasteiger partial charge in [-0.15, -0.1) is 0 Å². The number of anilines is 1. The SMILES string of the molecule is Cc1cc(C)cc(NC(=O)N2Cc3cncnc3C2)c1. The Morgan fingerprint density at radius 3 is 2.65 bits per heavy atom. The zero-order valence-electron chi connectivity index (χ0n) is 11.6. The second kappa shape index (κ2) is 4.92. The van der Waals surface area contributed by atoms with Crippen LogP contribution in [0.15, 0.2) is 30.7 Å². The summed E-state index contributed by atoms with van der Waals surface area (Å²) < 4.78 is 0. The van der Waals surface area contributed by atoms with E-state index in [0.717, 1.165) is 28.1 Å². The average Bonchev–Trinajstić information content (AvgIpc) is 2.81. The first-order chi connectivity index (χ1) is 9.61. The standard InChI is InChI=1S/C15H16N4O/c1-10-3-11(2)5-13(4-10)18-15(20)19-7-12-6-16-9-17-14(12)8-19/h3-6,9H,7-8H2,1-2H3,(H,18,20). The molecular formula is C15H16N4O. The molecule has 1 N–H and O–H groups in total. The normalized spacial score (nSPS) is 13.2. The van der Waals surface area contributed by atoms with Crippen molar-refractivity contribution in [3.8, 4) is 0 Å². The molecule has 2 aromatic rings. The minimum Gasteiger partial charge on any atom is -0.314 e. The molecule has 0 atom stereocenters. The summed E-state index contributed by atoms with van der Waals surface area (Å²) in [4.78, 5) is 22.2. The Morgan fingerprint density at radius 1 is 1.20 bits per heavy atom. The molecular weight excluding hydrogens is 252 g/mol. The van der Waals surface area contributed by atoms with Gasteiger partial charge in [0.2, 0.25) is 0 Å². The number of aryl methyl sites for hydroxylation is 2. The Labute approximate surface area is 117 Å². The summed E-state index contributed by atoms with van der Waals surface area (Å²) in [7, 11) is 0. The second-order valence-corrected chi connectivity index (χ2v) is 5.16. The number of aromatic nitrogens is 2. The molecule has 1 aliphatic rings. The molecule has 0 bridgehead atoms. The van der Waals surface area contributed by atoms with E-state index in [9.17, 15) is 4.79 Å². The minimum atomic E-state index is -0.104. The van der Waals surface area contributed by atoms with Gasteiger partial charge in [-0.2, -0.15) is 0 Å². The number of benzene rings is 1. The highest BCUT2D eigenvalue weighted by molar-refractivity contribution is 5.89. The van der Waals surface area contributed by atoms with Gasteiger partial charge in [-0.05, 0) is 37.1 Å². The molecule has 0 spiro atoms. The Balaban J connectivity index is 1.72. The van der Waals surface area contributed by atoms with Crippen LogP contribution in [0.2, 0.25) is 0 Å². The lowest BCUT2D eigenvalue weighted by Crippen LogP contribution is -2.30. The summed E-state index contributed by atoms with van der Waals surface area (Å²) in [6, 6.07) is 5.91. The van der Waals surface area contributed by atoms with Crippen LogP contribution in [0.3, 0.4) is 0 Å². The van der Waals surface area contributed by atoms with Crippen molar-refractivity contribution in [2.24, 2.45) is 0 Å². The summed E-state index contributed by atoms with van der Waals surface area (Å²) in [5.41, 5.74) is 5.04. The predicted molar refractivity (Wildman–Crippen MR) is 76.2 cm³/mol. The van der Waals surface area contributed by atoms with Gasteiger partial charge in [0.15, 0.2) is 0 Å². The van der Waals surface area contributed by atoms with Crippen molar-refractivity contribution < 1.29 is 4.79 Å².